The fourth-order valence-electron chi connectivity index (χ4n) is 3.41. The molecule has 0 bridgehead atoms. The number of esters is 1. The molecule has 2 amide bonds. The number of hydrogen-bond acceptors (Lipinski definition) is 9. The van der Waals surface area contributed by atoms with Crippen molar-refractivity contribution in [2.24, 2.45) is 5.73 Å². The number of methoxy groups -OCH3 is 1. The first-order valence-corrected chi connectivity index (χ1v) is 12.6. The fraction of sp³-hybridized carbons (Fsp3) is 0.348. The lowest BCUT2D eigenvalue weighted by Gasteiger charge is -2.17. The van der Waals surface area contributed by atoms with Crippen LogP contribution >= 0.6 is 23.1 Å². The maximum Gasteiger partial charge on any atom is 0.341 e. The Labute approximate surface area is 211 Å². The number of carbonyl (C=O) groups excluding carboxylic acids is 3. The molecule has 0 fully saturated rings. The highest BCUT2D eigenvalue weighted by molar-refractivity contribution is 7.99. The van der Waals surface area contributed by atoms with E-state index in [4.69, 9.17) is 15.2 Å². The number of carbonyl (C=O) groups is 3. The van der Waals surface area contributed by atoms with Crippen LogP contribution in [0.2, 0.25) is 0 Å². The number of aryl methyl sites for hydroxylation is 1. The third kappa shape index (κ3) is 5.82. The van der Waals surface area contributed by atoms with Crippen molar-refractivity contribution in [3.8, 4) is 5.75 Å². The lowest BCUT2D eigenvalue weighted by Crippen LogP contribution is -2.17. The summed E-state index contributed by atoms with van der Waals surface area (Å²) in [5.74, 6) is -0.303. The SMILES string of the molecule is CCn1c(SCC(=O)Nc2sc(C(N)=O)c(C)c2C(=O)OC)nnc1C(C)Oc1ccccc1C. The van der Waals surface area contributed by atoms with Crippen LogP contribution in [0.25, 0.3) is 0 Å². The van der Waals surface area contributed by atoms with E-state index in [1.54, 1.807) is 6.92 Å². The molecular weight excluding hydrogens is 490 g/mol. The number of hydrogen-bond donors (Lipinski definition) is 2. The number of thioether (sulfide) groups is 1. The molecule has 0 saturated heterocycles. The van der Waals surface area contributed by atoms with E-state index in [9.17, 15) is 14.4 Å². The zero-order valence-electron chi connectivity index (χ0n) is 20.1. The van der Waals surface area contributed by atoms with Gasteiger partial charge in [-0.25, -0.2) is 4.79 Å². The number of para-hydroxylation sites is 1. The predicted molar refractivity (Wildman–Crippen MR) is 134 cm³/mol. The second-order valence-electron chi connectivity index (χ2n) is 7.56. The maximum absolute atomic E-state index is 12.7. The molecule has 3 N–H and O–H groups in total. The summed E-state index contributed by atoms with van der Waals surface area (Å²) >= 11 is 2.14. The van der Waals surface area contributed by atoms with E-state index in [0.29, 0.717) is 23.1 Å². The molecule has 3 aromatic rings. The maximum atomic E-state index is 12.7. The molecule has 10 nitrogen and oxygen atoms in total. The molecule has 0 aliphatic carbocycles. The van der Waals surface area contributed by atoms with Crippen LogP contribution in [0.15, 0.2) is 29.4 Å². The predicted octanol–water partition coefficient (Wildman–Crippen LogP) is 3.73. The summed E-state index contributed by atoms with van der Waals surface area (Å²) in [5, 5.41) is 12.0. The summed E-state index contributed by atoms with van der Waals surface area (Å²) in [6, 6.07) is 7.73. The van der Waals surface area contributed by atoms with Gasteiger partial charge in [0.2, 0.25) is 5.91 Å². The van der Waals surface area contributed by atoms with Crippen molar-refractivity contribution in [3.05, 3.63) is 51.7 Å². The van der Waals surface area contributed by atoms with Crippen molar-refractivity contribution in [2.45, 2.75) is 45.5 Å². The van der Waals surface area contributed by atoms with E-state index in [1.165, 1.54) is 18.9 Å². The van der Waals surface area contributed by atoms with Crippen molar-refractivity contribution in [1.29, 1.82) is 0 Å². The van der Waals surface area contributed by atoms with E-state index >= 15 is 0 Å². The molecule has 35 heavy (non-hydrogen) atoms. The molecule has 2 heterocycles. The van der Waals surface area contributed by atoms with E-state index in [2.05, 4.69) is 15.5 Å². The Morgan fingerprint density at radius 3 is 2.57 bits per heavy atom. The first kappa shape index (κ1) is 26.2. The molecular formula is C23H27N5O5S2. The fourth-order valence-corrected chi connectivity index (χ4v) is 5.29. The van der Waals surface area contributed by atoms with Gasteiger partial charge in [0.25, 0.3) is 5.91 Å². The number of aromatic nitrogens is 3. The Kier molecular flexibility index (Phi) is 8.52. The second kappa shape index (κ2) is 11.4. The molecule has 3 rings (SSSR count). The molecule has 186 valence electrons. The lowest BCUT2D eigenvalue weighted by atomic mass is 10.1. The summed E-state index contributed by atoms with van der Waals surface area (Å²) in [5.41, 5.74) is 6.90. The van der Waals surface area contributed by atoms with Crippen molar-refractivity contribution < 1.29 is 23.9 Å². The summed E-state index contributed by atoms with van der Waals surface area (Å²) in [7, 11) is 1.23. The molecule has 0 saturated carbocycles. The lowest BCUT2D eigenvalue weighted by molar-refractivity contribution is -0.113. The van der Waals surface area contributed by atoms with Crippen LogP contribution in [0, 0.1) is 13.8 Å². The molecule has 2 aromatic heterocycles. The van der Waals surface area contributed by atoms with Gasteiger partial charge in [0.05, 0.1) is 23.3 Å². The summed E-state index contributed by atoms with van der Waals surface area (Å²) < 4.78 is 12.8. The van der Waals surface area contributed by atoms with E-state index in [-0.39, 0.29) is 33.2 Å². The first-order valence-electron chi connectivity index (χ1n) is 10.8. The number of anilines is 1. The summed E-state index contributed by atoms with van der Waals surface area (Å²) in [4.78, 5) is 36.8. The molecule has 1 atom stereocenters. The first-order chi connectivity index (χ1) is 16.7. The molecule has 1 unspecified atom stereocenters. The largest absolute Gasteiger partial charge is 0.482 e. The standard InChI is InChI=1S/C23H27N5O5S2/c1-6-28-20(14(4)33-15-10-8-7-9-12(15)2)26-27-23(28)34-11-16(29)25-21-17(22(31)32-5)13(3)18(35-21)19(24)30/h7-10,14H,6,11H2,1-5H3,(H2,24,30)(H,25,29). The van der Waals surface area contributed by atoms with Gasteiger partial charge < -0.3 is 25.1 Å². The minimum atomic E-state index is -0.682. The number of rotatable bonds is 10. The highest BCUT2D eigenvalue weighted by Gasteiger charge is 2.26. The monoisotopic (exact) mass is 517 g/mol. The van der Waals surface area contributed by atoms with Gasteiger partial charge >= 0.3 is 5.97 Å². The van der Waals surface area contributed by atoms with Crippen LogP contribution in [0.3, 0.4) is 0 Å². The van der Waals surface area contributed by atoms with Crippen LogP contribution in [0.5, 0.6) is 5.75 Å². The van der Waals surface area contributed by atoms with E-state index in [0.717, 1.165) is 22.6 Å². The number of benzene rings is 1. The zero-order valence-corrected chi connectivity index (χ0v) is 21.7. The number of nitrogens with zero attached hydrogens (tertiary/aromatic N) is 3. The van der Waals surface area contributed by atoms with Crippen LogP contribution < -0.4 is 15.8 Å². The Balaban J connectivity index is 1.72. The van der Waals surface area contributed by atoms with Gasteiger partial charge in [-0.3, -0.25) is 9.59 Å². The summed E-state index contributed by atoms with van der Waals surface area (Å²) in [6.45, 7) is 8.00. The van der Waals surface area contributed by atoms with Gasteiger partial charge in [0.15, 0.2) is 17.1 Å². The van der Waals surface area contributed by atoms with Gasteiger partial charge in [-0.1, -0.05) is 30.0 Å². The number of nitrogens with one attached hydrogen (secondary N) is 1. The highest BCUT2D eigenvalue weighted by atomic mass is 32.2. The third-order valence-corrected chi connectivity index (χ3v) is 7.36. The Bertz CT molecular complexity index is 1250. The van der Waals surface area contributed by atoms with Crippen LogP contribution in [-0.2, 0) is 16.1 Å². The zero-order chi connectivity index (χ0) is 25.7. The van der Waals surface area contributed by atoms with Crippen LogP contribution in [0.4, 0.5) is 5.00 Å². The Hall–Kier alpha value is -3.38. The quantitative estimate of drug-likeness (QED) is 0.306. The molecule has 12 heteroatoms. The van der Waals surface area contributed by atoms with Crippen molar-refractivity contribution in [3.63, 3.8) is 0 Å². The molecule has 0 aliphatic heterocycles. The van der Waals surface area contributed by atoms with E-state index in [1.807, 2.05) is 49.6 Å². The minimum Gasteiger partial charge on any atom is -0.482 e. The van der Waals surface area contributed by atoms with E-state index < -0.39 is 11.9 Å². The molecule has 0 radical (unpaired) electrons. The third-order valence-electron chi connectivity index (χ3n) is 5.17. The molecule has 0 aliphatic rings. The van der Waals surface area contributed by atoms with Crippen LogP contribution in [0.1, 0.15) is 56.9 Å². The number of ether oxygens (including phenoxy) is 2. The van der Waals surface area contributed by atoms with Crippen molar-refractivity contribution >= 4 is 45.9 Å². The smallest absolute Gasteiger partial charge is 0.341 e. The van der Waals surface area contributed by atoms with Crippen LogP contribution in [-0.4, -0.2) is 45.4 Å². The Morgan fingerprint density at radius 2 is 1.94 bits per heavy atom. The molecule has 0 spiro atoms. The minimum absolute atomic E-state index is 0.00856. The highest BCUT2D eigenvalue weighted by Crippen LogP contribution is 2.34. The van der Waals surface area contributed by atoms with Gasteiger partial charge in [0.1, 0.15) is 10.8 Å². The van der Waals surface area contributed by atoms with Gasteiger partial charge in [-0.15, -0.1) is 21.5 Å². The average Bonchev–Trinajstić information content (AvgIpc) is 3.39. The average molecular weight is 518 g/mol. The normalized spacial score (nSPS) is 11.7. The Morgan fingerprint density at radius 1 is 1.23 bits per heavy atom. The number of thiophene rings is 1. The summed E-state index contributed by atoms with van der Waals surface area (Å²) in [6.07, 6.45) is -0.351. The molecule has 1 aromatic carbocycles. The number of amides is 2. The van der Waals surface area contributed by atoms with Gasteiger partial charge in [0, 0.05) is 6.54 Å². The topological polar surface area (TPSA) is 138 Å². The van der Waals surface area contributed by atoms with Gasteiger partial charge in [-0.2, -0.15) is 0 Å². The second-order valence-corrected chi connectivity index (χ2v) is 9.53. The van der Waals surface area contributed by atoms with Gasteiger partial charge in [-0.05, 0) is 44.9 Å². The number of primary amides is 1. The van der Waals surface area contributed by atoms with Crippen molar-refractivity contribution in [1.82, 2.24) is 14.8 Å². The number of nitrogens with two attached hydrogens (primary N) is 1. The van der Waals surface area contributed by atoms with Crippen molar-refractivity contribution in [2.75, 3.05) is 18.2 Å².